The zero-order chi connectivity index (χ0) is 24.2. The predicted octanol–water partition coefficient (Wildman–Crippen LogP) is 5.58. The van der Waals surface area contributed by atoms with Crippen LogP contribution in [-0.4, -0.2) is 23.9 Å². The van der Waals surface area contributed by atoms with Crippen LogP contribution in [0, 0.1) is 12.7 Å². The maximum absolute atomic E-state index is 13.4. The number of benzene rings is 3. The molecule has 0 aromatic heterocycles. The summed E-state index contributed by atoms with van der Waals surface area (Å²) in [6.07, 6.45) is 1.58. The van der Waals surface area contributed by atoms with Crippen molar-refractivity contribution in [2.24, 2.45) is 0 Å². The molecule has 1 fully saturated rings. The van der Waals surface area contributed by atoms with Crippen molar-refractivity contribution < 1.29 is 23.5 Å². The molecule has 3 amide bonds. The van der Waals surface area contributed by atoms with Crippen LogP contribution in [0.25, 0.3) is 6.08 Å². The summed E-state index contributed by atoms with van der Waals surface area (Å²) in [4.78, 5) is 26.4. The molecule has 1 saturated heterocycles. The lowest BCUT2D eigenvalue weighted by atomic mass is 10.1. The van der Waals surface area contributed by atoms with E-state index in [4.69, 9.17) is 9.47 Å². The van der Waals surface area contributed by atoms with E-state index >= 15 is 0 Å². The highest BCUT2D eigenvalue weighted by Crippen LogP contribution is 2.38. The molecule has 0 unspecified atom stereocenters. The zero-order valence-electron chi connectivity index (χ0n) is 18.6. The van der Waals surface area contributed by atoms with Crippen LogP contribution in [0.3, 0.4) is 0 Å². The predicted molar refractivity (Wildman–Crippen MR) is 130 cm³/mol. The SMILES string of the molecule is COc1cc(/C=C2/NC(=O)N(Cc3ccc(C)cc3)C2=O)cc(Br)c1OCc1cccc(F)c1. The first-order valence-corrected chi connectivity index (χ1v) is 11.3. The number of ether oxygens (including phenoxy) is 2. The molecule has 0 spiro atoms. The molecular formula is C26H22BrFN2O4. The lowest BCUT2D eigenvalue weighted by Gasteiger charge is -2.14. The normalized spacial score (nSPS) is 14.5. The van der Waals surface area contributed by atoms with Gasteiger partial charge in [-0.1, -0.05) is 42.0 Å². The molecule has 0 saturated carbocycles. The Morgan fingerprint density at radius 2 is 1.82 bits per heavy atom. The Morgan fingerprint density at radius 1 is 1.06 bits per heavy atom. The first-order chi connectivity index (χ1) is 16.3. The number of hydrogen-bond donors (Lipinski definition) is 1. The van der Waals surface area contributed by atoms with Crippen LogP contribution in [0.4, 0.5) is 9.18 Å². The van der Waals surface area contributed by atoms with E-state index in [-0.39, 0.29) is 24.7 Å². The summed E-state index contributed by atoms with van der Waals surface area (Å²) in [7, 11) is 1.50. The fraction of sp³-hybridized carbons (Fsp3) is 0.154. The molecular weight excluding hydrogens is 503 g/mol. The Kier molecular flexibility index (Phi) is 6.98. The van der Waals surface area contributed by atoms with E-state index in [9.17, 15) is 14.0 Å². The number of urea groups is 1. The van der Waals surface area contributed by atoms with Gasteiger partial charge in [-0.2, -0.15) is 0 Å². The lowest BCUT2D eigenvalue weighted by molar-refractivity contribution is -0.123. The minimum absolute atomic E-state index is 0.148. The Labute approximate surface area is 205 Å². The minimum Gasteiger partial charge on any atom is -0.493 e. The Hall–Kier alpha value is -3.65. The fourth-order valence-electron chi connectivity index (χ4n) is 3.50. The number of carbonyl (C=O) groups is 2. The molecule has 1 aliphatic rings. The second kappa shape index (κ2) is 10.1. The van der Waals surface area contributed by atoms with E-state index in [1.165, 1.54) is 24.1 Å². The highest BCUT2D eigenvalue weighted by Gasteiger charge is 2.33. The highest BCUT2D eigenvalue weighted by atomic mass is 79.9. The maximum atomic E-state index is 13.4. The molecule has 174 valence electrons. The summed E-state index contributed by atoms with van der Waals surface area (Å²) >= 11 is 3.47. The third kappa shape index (κ3) is 5.28. The lowest BCUT2D eigenvalue weighted by Crippen LogP contribution is -2.30. The summed E-state index contributed by atoms with van der Waals surface area (Å²) < 4.78 is 25.3. The first-order valence-electron chi connectivity index (χ1n) is 10.5. The second-order valence-corrected chi connectivity index (χ2v) is 8.67. The molecule has 6 nitrogen and oxygen atoms in total. The van der Waals surface area contributed by atoms with Gasteiger partial charge in [0.25, 0.3) is 5.91 Å². The van der Waals surface area contributed by atoms with Gasteiger partial charge in [0.1, 0.15) is 18.1 Å². The minimum atomic E-state index is -0.474. The van der Waals surface area contributed by atoms with E-state index in [1.54, 1.807) is 30.3 Å². The number of rotatable bonds is 7. The van der Waals surface area contributed by atoms with Crippen LogP contribution in [-0.2, 0) is 17.9 Å². The molecule has 1 aliphatic heterocycles. The van der Waals surface area contributed by atoms with E-state index < -0.39 is 11.9 Å². The quantitative estimate of drug-likeness (QED) is 0.323. The van der Waals surface area contributed by atoms with Crippen LogP contribution < -0.4 is 14.8 Å². The molecule has 3 aromatic rings. The number of imide groups is 1. The Morgan fingerprint density at radius 3 is 2.53 bits per heavy atom. The van der Waals surface area contributed by atoms with Crippen molar-refractivity contribution in [1.29, 1.82) is 0 Å². The summed E-state index contributed by atoms with van der Waals surface area (Å²) in [6, 6.07) is 16.8. The molecule has 1 heterocycles. The van der Waals surface area contributed by atoms with Gasteiger partial charge < -0.3 is 14.8 Å². The largest absolute Gasteiger partial charge is 0.493 e. The van der Waals surface area contributed by atoms with Crippen LogP contribution in [0.5, 0.6) is 11.5 Å². The molecule has 34 heavy (non-hydrogen) atoms. The van der Waals surface area contributed by atoms with Crippen LogP contribution >= 0.6 is 15.9 Å². The van der Waals surface area contributed by atoms with Gasteiger partial charge in [-0.15, -0.1) is 0 Å². The van der Waals surface area contributed by atoms with E-state index in [0.29, 0.717) is 27.1 Å². The number of carbonyl (C=O) groups excluding carboxylic acids is 2. The van der Waals surface area contributed by atoms with Crippen molar-refractivity contribution in [2.45, 2.75) is 20.1 Å². The number of hydrogen-bond acceptors (Lipinski definition) is 4. The molecule has 0 bridgehead atoms. The first kappa shape index (κ1) is 23.5. The van der Waals surface area contributed by atoms with Gasteiger partial charge in [0.2, 0.25) is 0 Å². The molecule has 0 atom stereocenters. The smallest absolute Gasteiger partial charge is 0.329 e. The third-order valence-corrected chi connectivity index (χ3v) is 5.85. The number of halogens is 2. The van der Waals surface area contributed by atoms with Gasteiger partial charge in [0.15, 0.2) is 11.5 Å². The van der Waals surface area contributed by atoms with E-state index in [2.05, 4.69) is 21.2 Å². The second-order valence-electron chi connectivity index (χ2n) is 7.82. The highest BCUT2D eigenvalue weighted by molar-refractivity contribution is 9.10. The number of nitrogens with zero attached hydrogens (tertiary/aromatic N) is 1. The van der Waals surface area contributed by atoms with Gasteiger partial charge in [-0.05, 0) is 69.9 Å². The van der Waals surface area contributed by atoms with Crippen molar-refractivity contribution in [3.8, 4) is 11.5 Å². The third-order valence-electron chi connectivity index (χ3n) is 5.26. The van der Waals surface area contributed by atoms with Crippen molar-refractivity contribution in [3.63, 3.8) is 0 Å². The molecule has 4 rings (SSSR count). The summed E-state index contributed by atoms with van der Waals surface area (Å²) in [5.41, 5.74) is 3.43. The molecule has 8 heteroatoms. The van der Waals surface area contributed by atoms with Gasteiger partial charge in [-0.3, -0.25) is 9.69 Å². The summed E-state index contributed by atoms with van der Waals surface area (Å²) in [6.45, 7) is 2.31. The summed E-state index contributed by atoms with van der Waals surface area (Å²) in [5.74, 6) is 0.114. The standard InChI is InChI=1S/C26H22BrFN2O4/c1-16-6-8-17(9-7-16)14-30-25(31)22(29-26(30)32)12-19-11-21(27)24(23(13-19)33-2)34-15-18-4-3-5-20(28)10-18/h3-13H,14-15H2,1-2H3,(H,29,32)/b22-12+. The maximum Gasteiger partial charge on any atom is 0.329 e. The molecule has 0 aliphatic carbocycles. The fourth-order valence-corrected chi connectivity index (χ4v) is 4.08. The van der Waals surface area contributed by atoms with Crippen molar-refractivity contribution in [3.05, 3.63) is 98.9 Å². The van der Waals surface area contributed by atoms with Crippen molar-refractivity contribution in [2.75, 3.05) is 7.11 Å². The Balaban J connectivity index is 1.53. The van der Waals surface area contributed by atoms with Gasteiger partial charge in [0, 0.05) is 0 Å². The summed E-state index contributed by atoms with van der Waals surface area (Å²) in [5, 5.41) is 2.63. The average molecular weight is 525 g/mol. The van der Waals surface area contributed by atoms with Crippen LogP contribution in [0.2, 0.25) is 0 Å². The van der Waals surface area contributed by atoms with E-state index in [1.807, 2.05) is 31.2 Å². The van der Waals surface area contributed by atoms with Crippen molar-refractivity contribution in [1.82, 2.24) is 10.2 Å². The number of aryl methyl sites for hydroxylation is 1. The molecule has 3 aromatic carbocycles. The van der Waals surface area contributed by atoms with Crippen LogP contribution in [0.15, 0.2) is 70.8 Å². The van der Waals surface area contributed by atoms with Gasteiger partial charge in [-0.25, -0.2) is 9.18 Å². The number of nitrogens with one attached hydrogen (secondary N) is 1. The molecule has 1 N–H and O–H groups in total. The van der Waals surface area contributed by atoms with Crippen LogP contribution in [0.1, 0.15) is 22.3 Å². The topological polar surface area (TPSA) is 67.9 Å². The van der Waals surface area contributed by atoms with Gasteiger partial charge >= 0.3 is 6.03 Å². The van der Waals surface area contributed by atoms with E-state index in [0.717, 1.165) is 11.1 Å². The zero-order valence-corrected chi connectivity index (χ0v) is 20.2. The van der Waals surface area contributed by atoms with Crippen molar-refractivity contribution >= 4 is 33.9 Å². The molecule has 0 radical (unpaired) electrons. The monoisotopic (exact) mass is 524 g/mol. The Bertz CT molecular complexity index is 1270. The number of methoxy groups -OCH3 is 1. The average Bonchev–Trinajstić information content (AvgIpc) is 3.06. The van der Waals surface area contributed by atoms with Gasteiger partial charge in [0.05, 0.1) is 18.1 Å². The number of amides is 3.